The van der Waals surface area contributed by atoms with Crippen LogP contribution in [-0.4, -0.2) is 60.9 Å². The number of nitrogens with one attached hydrogen (secondary N) is 1. The zero-order valence-electron chi connectivity index (χ0n) is 16.0. The summed E-state index contributed by atoms with van der Waals surface area (Å²) < 4.78 is 5.56. The van der Waals surface area contributed by atoms with Gasteiger partial charge in [0.2, 0.25) is 11.8 Å². The fourth-order valence-electron chi connectivity index (χ4n) is 3.28. The van der Waals surface area contributed by atoms with E-state index in [1.54, 1.807) is 0 Å². The minimum Gasteiger partial charge on any atom is -0.493 e. The van der Waals surface area contributed by atoms with E-state index in [0.29, 0.717) is 13.1 Å². The first-order chi connectivity index (χ1) is 12.3. The fraction of sp³-hybridized carbons (Fsp3) is 0.600. The highest BCUT2D eigenvalue weighted by molar-refractivity contribution is 5.87. The molecule has 0 saturated carbocycles. The Balaban J connectivity index is 1.44. The summed E-state index contributed by atoms with van der Waals surface area (Å²) >= 11 is 0. The first kappa shape index (κ1) is 18.7. The molecule has 0 spiro atoms. The zero-order chi connectivity index (χ0) is 18.7. The van der Waals surface area contributed by atoms with E-state index in [1.807, 2.05) is 25.7 Å². The number of carbonyl (C=O) groups excluding carboxylic acids is 2. The average Bonchev–Trinajstić information content (AvgIpc) is 3.07. The van der Waals surface area contributed by atoms with Crippen molar-refractivity contribution in [3.8, 4) is 5.75 Å². The van der Waals surface area contributed by atoms with Crippen LogP contribution in [0.5, 0.6) is 5.75 Å². The summed E-state index contributed by atoms with van der Waals surface area (Å²) in [6.07, 6.45) is 0.992. The molecule has 3 rings (SSSR count). The number of fused-ring (bicyclic) bond motifs is 1. The lowest BCUT2D eigenvalue weighted by atomic mass is 9.96. The predicted molar refractivity (Wildman–Crippen MR) is 100.0 cm³/mol. The Morgan fingerprint density at radius 2 is 1.88 bits per heavy atom. The molecule has 0 aromatic heterocycles. The number of ether oxygens (including phenoxy) is 1. The minimum absolute atomic E-state index is 0.00284. The fourth-order valence-corrected chi connectivity index (χ4v) is 3.28. The molecular weight excluding hydrogens is 330 g/mol. The zero-order valence-corrected chi connectivity index (χ0v) is 16.0. The maximum atomic E-state index is 12.3. The number of hydrogen-bond acceptors (Lipinski definition) is 4. The second-order valence-corrected chi connectivity index (χ2v) is 8.13. The topological polar surface area (TPSA) is 61.9 Å². The van der Waals surface area contributed by atoms with Gasteiger partial charge in [-0.3, -0.25) is 14.5 Å². The van der Waals surface area contributed by atoms with Gasteiger partial charge in [-0.05, 0) is 17.2 Å². The number of nitrogens with zero attached hydrogens (tertiary/aromatic N) is 2. The van der Waals surface area contributed by atoms with Crippen LogP contribution in [0.15, 0.2) is 18.2 Å². The molecule has 1 saturated heterocycles. The van der Waals surface area contributed by atoms with Gasteiger partial charge >= 0.3 is 0 Å². The molecule has 2 heterocycles. The van der Waals surface area contributed by atoms with Crippen molar-refractivity contribution in [2.45, 2.75) is 33.7 Å². The number of carbonyl (C=O) groups is 2. The SMILES string of the molecule is CC(C)(C)C(=O)NCC(=O)N1CCN(Cc2ccc3c(c2)CCO3)CC1. The Hall–Kier alpha value is -2.08. The van der Waals surface area contributed by atoms with Gasteiger partial charge in [0.05, 0.1) is 13.2 Å². The first-order valence-electron chi connectivity index (χ1n) is 9.36. The number of hydrogen-bond donors (Lipinski definition) is 1. The molecule has 1 aromatic carbocycles. The molecule has 0 atom stereocenters. The summed E-state index contributed by atoms with van der Waals surface area (Å²) in [5.74, 6) is 0.920. The summed E-state index contributed by atoms with van der Waals surface area (Å²) in [5, 5.41) is 2.74. The van der Waals surface area contributed by atoms with Crippen molar-refractivity contribution in [1.82, 2.24) is 15.1 Å². The molecule has 142 valence electrons. The van der Waals surface area contributed by atoms with E-state index in [-0.39, 0.29) is 18.4 Å². The molecule has 1 fully saturated rings. The van der Waals surface area contributed by atoms with Crippen LogP contribution in [0.2, 0.25) is 0 Å². The number of benzene rings is 1. The Morgan fingerprint density at radius 1 is 1.15 bits per heavy atom. The first-order valence-corrected chi connectivity index (χ1v) is 9.36. The van der Waals surface area contributed by atoms with Gasteiger partial charge in [-0.1, -0.05) is 32.9 Å². The van der Waals surface area contributed by atoms with E-state index in [0.717, 1.165) is 38.4 Å². The van der Waals surface area contributed by atoms with E-state index in [1.165, 1.54) is 11.1 Å². The van der Waals surface area contributed by atoms with Crippen LogP contribution in [0.1, 0.15) is 31.9 Å². The predicted octanol–water partition coefficient (Wildman–Crippen LogP) is 1.43. The molecule has 1 N–H and O–H groups in total. The lowest BCUT2D eigenvalue weighted by Crippen LogP contribution is -2.51. The standard InChI is InChI=1S/C20H29N3O3/c1-20(2,3)19(25)21-13-18(24)23-9-7-22(8-10-23)14-15-4-5-17-16(12-15)6-11-26-17/h4-5,12H,6-11,13-14H2,1-3H3,(H,21,25). The van der Waals surface area contributed by atoms with Gasteiger partial charge in [-0.15, -0.1) is 0 Å². The molecule has 1 aromatic rings. The van der Waals surface area contributed by atoms with E-state index in [9.17, 15) is 9.59 Å². The van der Waals surface area contributed by atoms with E-state index >= 15 is 0 Å². The Labute approximate surface area is 155 Å². The highest BCUT2D eigenvalue weighted by Gasteiger charge is 2.25. The van der Waals surface area contributed by atoms with Crippen molar-refractivity contribution in [1.29, 1.82) is 0 Å². The van der Waals surface area contributed by atoms with Gasteiger partial charge in [0, 0.05) is 44.6 Å². The highest BCUT2D eigenvalue weighted by Crippen LogP contribution is 2.26. The van der Waals surface area contributed by atoms with Crippen LogP contribution < -0.4 is 10.1 Å². The Bertz CT molecular complexity index is 673. The van der Waals surface area contributed by atoms with Crippen molar-refractivity contribution in [3.05, 3.63) is 29.3 Å². The summed E-state index contributed by atoms with van der Waals surface area (Å²) in [6, 6.07) is 6.43. The average molecular weight is 359 g/mol. The minimum atomic E-state index is -0.472. The Kier molecular flexibility index (Phi) is 5.51. The van der Waals surface area contributed by atoms with Gasteiger partial charge < -0.3 is 15.0 Å². The Morgan fingerprint density at radius 3 is 2.58 bits per heavy atom. The number of amides is 2. The number of piperazine rings is 1. The molecule has 26 heavy (non-hydrogen) atoms. The molecule has 0 aliphatic carbocycles. The van der Waals surface area contributed by atoms with Crippen LogP contribution in [0, 0.1) is 5.41 Å². The van der Waals surface area contributed by atoms with E-state index in [4.69, 9.17) is 4.74 Å². The second kappa shape index (κ2) is 7.66. The molecule has 2 aliphatic heterocycles. The third kappa shape index (κ3) is 4.55. The van der Waals surface area contributed by atoms with Crippen molar-refractivity contribution < 1.29 is 14.3 Å². The third-order valence-corrected chi connectivity index (χ3v) is 4.97. The normalized spacial score (nSPS) is 17.6. The van der Waals surface area contributed by atoms with Crippen LogP contribution >= 0.6 is 0 Å². The van der Waals surface area contributed by atoms with Crippen molar-refractivity contribution in [3.63, 3.8) is 0 Å². The number of rotatable bonds is 4. The van der Waals surface area contributed by atoms with Gasteiger partial charge in [0.1, 0.15) is 5.75 Å². The molecule has 0 unspecified atom stereocenters. The maximum absolute atomic E-state index is 12.3. The smallest absolute Gasteiger partial charge is 0.242 e. The summed E-state index contributed by atoms with van der Waals surface area (Å²) in [7, 11) is 0. The van der Waals surface area contributed by atoms with Crippen LogP contribution in [-0.2, 0) is 22.6 Å². The van der Waals surface area contributed by atoms with Crippen LogP contribution in [0.4, 0.5) is 0 Å². The maximum Gasteiger partial charge on any atom is 0.242 e. The highest BCUT2D eigenvalue weighted by atomic mass is 16.5. The molecule has 0 bridgehead atoms. The molecular formula is C20H29N3O3. The monoisotopic (exact) mass is 359 g/mol. The molecule has 2 aliphatic rings. The van der Waals surface area contributed by atoms with E-state index < -0.39 is 5.41 Å². The summed E-state index contributed by atoms with van der Waals surface area (Å²) in [5.41, 5.74) is 2.12. The van der Waals surface area contributed by atoms with Crippen molar-refractivity contribution in [2.24, 2.45) is 5.41 Å². The van der Waals surface area contributed by atoms with Gasteiger partial charge in [-0.25, -0.2) is 0 Å². The van der Waals surface area contributed by atoms with E-state index in [2.05, 4.69) is 28.4 Å². The van der Waals surface area contributed by atoms with Gasteiger partial charge in [-0.2, -0.15) is 0 Å². The summed E-state index contributed by atoms with van der Waals surface area (Å²) in [6.45, 7) is 10.4. The molecule has 2 amide bonds. The second-order valence-electron chi connectivity index (χ2n) is 8.13. The molecule has 6 nitrogen and oxygen atoms in total. The van der Waals surface area contributed by atoms with Crippen molar-refractivity contribution in [2.75, 3.05) is 39.3 Å². The summed E-state index contributed by atoms with van der Waals surface area (Å²) in [4.78, 5) is 28.4. The van der Waals surface area contributed by atoms with Crippen LogP contribution in [0.3, 0.4) is 0 Å². The van der Waals surface area contributed by atoms with Gasteiger partial charge in [0.15, 0.2) is 0 Å². The molecule has 6 heteroatoms. The lowest BCUT2D eigenvalue weighted by Gasteiger charge is -2.35. The molecule has 0 radical (unpaired) electrons. The van der Waals surface area contributed by atoms with Crippen LogP contribution in [0.25, 0.3) is 0 Å². The third-order valence-electron chi connectivity index (χ3n) is 4.97. The quantitative estimate of drug-likeness (QED) is 0.883. The largest absolute Gasteiger partial charge is 0.493 e. The van der Waals surface area contributed by atoms with Crippen molar-refractivity contribution >= 4 is 11.8 Å². The van der Waals surface area contributed by atoms with Gasteiger partial charge in [0.25, 0.3) is 0 Å². The lowest BCUT2D eigenvalue weighted by molar-refractivity contribution is -0.136.